The van der Waals surface area contributed by atoms with Gasteiger partial charge in [0, 0.05) is 12.1 Å². The van der Waals surface area contributed by atoms with Crippen LogP contribution in [0.4, 0.5) is 4.39 Å². The summed E-state index contributed by atoms with van der Waals surface area (Å²) < 4.78 is 24.3. The summed E-state index contributed by atoms with van der Waals surface area (Å²) in [5.41, 5.74) is 0.630. The molecule has 2 heterocycles. The molecule has 0 bridgehead atoms. The molecular weight excluding hydrogens is 273 g/mol. The van der Waals surface area contributed by atoms with Crippen LogP contribution >= 0.6 is 0 Å². The van der Waals surface area contributed by atoms with Crippen LogP contribution in [-0.2, 0) is 13.1 Å². The predicted molar refractivity (Wildman–Crippen MR) is 73.6 cm³/mol. The third kappa shape index (κ3) is 3.17. The Bertz CT molecular complexity index is 709. The molecule has 0 N–H and O–H groups in total. The Hall–Kier alpha value is -2.47. The van der Waals surface area contributed by atoms with Gasteiger partial charge in [-0.15, -0.1) is 10.2 Å². The smallest absolute Gasteiger partial charge is 0.283 e. The molecule has 0 aliphatic heterocycles. The molecule has 0 atom stereocenters. The number of hydrogen-bond acceptors (Lipinski definition) is 5. The zero-order valence-electron chi connectivity index (χ0n) is 11.5. The van der Waals surface area contributed by atoms with Gasteiger partial charge in [-0.3, -0.25) is 4.90 Å². The fourth-order valence-corrected chi connectivity index (χ4v) is 2.02. The maximum Gasteiger partial charge on any atom is 0.283 e. The SMILES string of the molecule is CN(Cc1nnc(-c2ccco2)o1)Cc1ccccc1F. The molecule has 5 nitrogen and oxygen atoms in total. The largest absolute Gasteiger partial charge is 0.459 e. The average molecular weight is 287 g/mol. The second-order valence-electron chi connectivity index (χ2n) is 4.74. The summed E-state index contributed by atoms with van der Waals surface area (Å²) in [6.07, 6.45) is 1.55. The summed E-state index contributed by atoms with van der Waals surface area (Å²) in [7, 11) is 1.86. The molecule has 3 aromatic rings. The molecule has 6 heteroatoms. The Morgan fingerprint density at radius 2 is 1.95 bits per heavy atom. The van der Waals surface area contributed by atoms with Crippen LogP contribution in [0.3, 0.4) is 0 Å². The van der Waals surface area contributed by atoms with Gasteiger partial charge in [0.15, 0.2) is 5.76 Å². The van der Waals surface area contributed by atoms with E-state index >= 15 is 0 Å². The number of hydrogen-bond donors (Lipinski definition) is 0. The molecule has 0 spiro atoms. The molecular formula is C15H14FN3O2. The van der Waals surface area contributed by atoms with E-state index in [4.69, 9.17) is 8.83 Å². The van der Waals surface area contributed by atoms with Crippen LogP contribution in [0, 0.1) is 5.82 Å². The molecule has 0 aliphatic rings. The Morgan fingerprint density at radius 3 is 2.71 bits per heavy atom. The first kappa shape index (κ1) is 13.5. The lowest BCUT2D eigenvalue weighted by Gasteiger charge is -2.14. The molecule has 0 saturated heterocycles. The van der Waals surface area contributed by atoms with E-state index in [1.54, 1.807) is 30.5 Å². The molecule has 0 unspecified atom stereocenters. The number of aromatic nitrogens is 2. The normalized spacial score (nSPS) is 11.2. The zero-order chi connectivity index (χ0) is 14.7. The highest BCUT2D eigenvalue weighted by molar-refractivity contribution is 5.42. The number of rotatable bonds is 5. The van der Waals surface area contributed by atoms with Crippen LogP contribution in [0.15, 0.2) is 51.5 Å². The van der Waals surface area contributed by atoms with Crippen LogP contribution in [0.2, 0.25) is 0 Å². The molecule has 0 aliphatic carbocycles. The highest BCUT2D eigenvalue weighted by Gasteiger charge is 2.13. The summed E-state index contributed by atoms with van der Waals surface area (Å²) in [5.74, 6) is 1.12. The van der Waals surface area contributed by atoms with Gasteiger partial charge in [-0.2, -0.15) is 0 Å². The molecule has 108 valence electrons. The molecule has 0 saturated carbocycles. The Kier molecular flexibility index (Phi) is 3.79. The minimum atomic E-state index is -0.217. The van der Waals surface area contributed by atoms with Gasteiger partial charge in [0.1, 0.15) is 5.82 Å². The van der Waals surface area contributed by atoms with Crippen molar-refractivity contribution < 1.29 is 13.2 Å². The van der Waals surface area contributed by atoms with E-state index in [-0.39, 0.29) is 5.82 Å². The van der Waals surface area contributed by atoms with Crippen molar-refractivity contribution in [3.63, 3.8) is 0 Å². The lowest BCUT2D eigenvalue weighted by atomic mass is 10.2. The topological polar surface area (TPSA) is 55.3 Å². The van der Waals surface area contributed by atoms with Crippen LogP contribution in [-0.4, -0.2) is 22.1 Å². The van der Waals surface area contributed by atoms with Crippen molar-refractivity contribution in [2.24, 2.45) is 0 Å². The van der Waals surface area contributed by atoms with E-state index in [1.165, 1.54) is 6.07 Å². The first-order valence-electron chi connectivity index (χ1n) is 6.50. The first-order valence-corrected chi connectivity index (χ1v) is 6.50. The molecule has 2 aromatic heterocycles. The molecule has 21 heavy (non-hydrogen) atoms. The van der Waals surface area contributed by atoms with Crippen molar-refractivity contribution in [2.75, 3.05) is 7.05 Å². The minimum absolute atomic E-state index is 0.217. The molecule has 0 fully saturated rings. The summed E-state index contributed by atoms with van der Waals surface area (Å²) in [5, 5.41) is 7.89. The van der Waals surface area contributed by atoms with Crippen LogP contribution < -0.4 is 0 Å². The second kappa shape index (κ2) is 5.88. The van der Waals surface area contributed by atoms with Crippen molar-refractivity contribution in [2.45, 2.75) is 13.1 Å². The summed E-state index contributed by atoms with van der Waals surface area (Å²) in [4.78, 5) is 1.90. The Morgan fingerprint density at radius 1 is 1.10 bits per heavy atom. The number of benzene rings is 1. The lowest BCUT2D eigenvalue weighted by molar-refractivity contribution is 0.278. The predicted octanol–water partition coefficient (Wildman–Crippen LogP) is 3.10. The number of furan rings is 1. The standard InChI is InChI=1S/C15H14FN3O2/c1-19(9-11-5-2-3-6-12(11)16)10-14-17-18-15(21-14)13-7-4-8-20-13/h2-8H,9-10H2,1H3. The fourth-order valence-electron chi connectivity index (χ4n) is 2.02. The van der Waals surface area contributed by atoms with Gasteiger partial charge in [-0.25, -0.2) is 4.39 Å². The van der Waals surface area contributed by atoms with Crippen LogP contribution in [0.1, 0.15) is 11.5 Å². The van der Waals surface area contributed by atoms with Gasteiger partial charge in [-0.1, -0.05) is 18.2 Å². The van der Waals surface area contributed by atoms with Crippen LogP contribution in [0.5, 0.6) is 0 Å². The number of halogens is 1. The van der Waals surface area contributed by atoms with E-state index < -0.39 is 0 Å². The van der Waals surface area contributed by atoms with E-state index in [2.05, 4.69) is 10.2 Å². The van der Waals surface area contributed by atoms with E-state index in [1.807, 2.05) is 18.0 Å². The third-order valence-electron chi connectivity index (χ3n) is 3.00. The fraction of sp³-hybridized carbons (Fsp3) is 0.200. The van der Waals surface area contributed by atoms with Gasteiger partial charge in [0.2, 0.25) is 5.89 Å². The van der Waals surface area contributed by atoms with Crippen molar-refractivity contribution in [3.05, 3.63) is 59.9 Å². The zero-order valence-corrected chi connectivity index (χ0v) is 11.5. The highest BCUT2D eigenvalue weighted by Crippen LogP contribution is 2.18. The first-order chi connectivity index (χ1) is 10.2. The van der Waals surface area contributed by atoms with Crippen molar-refractivity contribution in [3.8, 4) is 11.7 Å². The van der Waals surface area contributed by atoms with Gasteiger partial charge in [-0.05, 0) is 25.2 Å². The average Bonchev–Trinajstić information content (AvgIpc) is 3.12. The highest BCUT2D eigenvalue weighted by atomic mass is 19.1. The van der Waals surface area contributed by atoms with Crippen molar-refractivity contribution in [1.29, 1.82) is 0 Å². The molecule has 0 radical (unpaired) electrons. The monoisotopic (exact) mass is 287 g/mol. The lowest BCUT2D eigenvalue weighted by Crippen LogP contribution is -2.18. The van der Waals surface area contributed by atoms with Gasteiger partial charge in [0.25, 0.3) is 5.89 Å². The quantitative estimate of drug-likeness (QED) is 0.721. The maximum atomic E-state index is 13.6. The summed E-state index contributed by atoms with van der Waals surface area (Å²) in [6.45, 7) is 0.896. The molecule has 0 amide bonds. The van der Waals surface area contributed by atoms with Gasteiger partial charge in [0.05, 0.1) is 12.8 Å². The molecule has 1 aromatic carbocycles. The minimum Gasteiger partial charge on any atom is -0.459 e. The van der Waals surface area contributed by atoms with Crippen molar-refractivity contribution in [1.82, 2.24) is 15.1 Å². The second-order valence-corrected chi connectivity index (χ2v) is 4.74. The van der Waals surface area contributed by atoms with E-state index in [0.29, 0.717) is 36.2 Å². The van der Waals surface area contributed by atoms with E-state index in [9.17, 15) is 4.39 Å². The molecule has 3 rings (SSSR count). The van der Waals surface area contributed by atoms with Gasteiger partial charge < -0.3 is 8.83 Å². The Labute approximate surface area is 121 Å². The summed E-state index contributed by atoms with van der Waals surface area (Å²) >= 11 is 0. The Balaban J connectivity index is 1.65. The number of nitrogens with zero attached hydrogens (tertiary/aromatic N) is 3. The third-order valence-corrected chi connectivity index (χ3v) is 3.00. The maximum absolute atomic E-state index is 13.6. The van der Waals surface area contributed by atoms with Gasteiger partial charge >= 0.3 is 0 Å². The van der Waals surface area contributed by atoms with E-state index in [0.717, 1.165) is 0 Å². The van der Waals surface area contributed by atoms with Crippen molar-refractivity contribution >= 4 is 0 Å². The summed E-state index contributed by atoms with van der Waals surface area (Å²) in [6, 6.07) is 10.2. The van der Waals surface area contributed by atoms with Crippen LogP contribution in [0.25, 0.3) is 11.7 Å².